The summed E-state index contributed by atoms with van der Waals surface area (Å²) < 4.78 is 0. The van der Waals surface area contributed by atoms with E-state index in [9.17, 15) is 20.3 Å². The first-order valence-electron chi connectivity index (χ1n) is 5.88. The van der Waals surface area contributed by atoms with Crippen LogP contribution in [0.2, 0.25) is 0 Å². The van der Waals surface area contributed by atoms with Gasteiger partial charge in [-0.25, -0.2) is 0 Å². The number of thiophene rings is 1. The van der Waals surface area contributed by atoms with Crippen molar-refractivity contribution in [2.75, 3.05) is 18.0 Å². The Morgan fingerprint density at radius 1 is 1.67 bits per heavy atom. The van der Waals surface area contributed by atoms with Crippen LogP contribution in [0.4, 0.5) is 10.7 Å². The number of aliphatic hydroxyl groups excluding tert-OH is 2. The van der Waals surface area contributed by atoms with Crippen molar-refractivity contribution >= 4 is 22.0 Å². The largest absolute Gasteiger partial charge is 0.391 e. The number of aliphatic hydroxyl groups is 2. The summed E-state index contributed by atoms with van der Waals surface area (Å²) >= 11 is 1.23. The Bertz CT molecular complexity index is 446. The molecule has 2 rings (SSSR count). The van der Waals surface area contributed by atoms with E-state index in [-0.39, 0.29) is 5.69 Å². The number of β-amino-alcohol motifs (C(OH)–C–C–N with tert-alkyl or cyclic N) is 1. The van der Waals surface area contributed by atoms with Gasteiger partial charge in [-0.2, -0.15) is 0 Å². The van der Waals surface area contributed by atoms with E-state index in [1.54, 1.807) is 6.92 Å². The lowest BCUT2D eigenvalue weighted by atomic mass is 10.1. The van der Waals surface area contributed by atoms with Crippen molar-refractivity contribution in [3.63, 3.8) is 0 Å². The lowest BCUT2D eigenvalue weighted by Gasteiger charge is -2.30. The van der Waals surface area contributed by atoms with Gasteiger partial charge in [0.25, 0.3) is 0 Å². The quantitative estimate of drug-likeness (QED) is 0.645. The van der Waals surface area contributed by atoms with Gasteiger partial charge in [0.1, 0.15) is 0 Å². The summed E-state index contributed by atoms with van der Waals surface area (Å²) in [5, 5.41) is 30.7. The number of hydrogen-bond donors (Lipinski definition) is 2. The van der Waals surface area contributed by atoms with E-state index in [4.69, 9.17) is 0 Å². The predicted molar refractivity (Wildman–Crippen MR) is 69.1 cm³/mol. The van der Waals surface area contributed by atoms with Crippen LogP contribution >= 0.6 is 11.3 Å². The van der Waals surface area contributed by atoms with Crippen molar-refractivity contribution in [2.45, 2.75) is 32.0 Å². The average molecular weight is 272 g/mol. The third-order valence-corrected chi connectivity index (χ3v) is 4.36. The third kappa shape index (κ3) is 2.63. The molecule has 0 aliphatic carbocycles. The molecule has 0 radical (unpaired) electrons. The molecule has 2 unspecified atom stereocenters. The molecule has 1 aromatic heterocycles. The van der Waals surface area contributed by atoms with Crippen molar-refractivity contribution in [2.24, 2.45) is 0 Å². The van der Waals surface area contributed by atoms with Gasteiger partial charge < -0.3 is 15.1 Å². The molecule has 7 heteroatoms. The number of hydrogen-bond acceptors (Lipinski definition) is 6. The first kappa shape index (κ1) is 13.3. The summed E-state index contributed by atoms with van der Waals surface area (Å²) in [4.78, 5) is 13.0. The first-order chi connectivity index (χ1) is 8.49. The molecule has 0 saturated carbocycles. The first-order valence-corrected chi connectivity index (χ1v) is 6.70. The van der Waals surface area contributed by atoms with Gasteiger partial charge in [0.2, 0.25) is 0 Å². The van der Waals surface area contributed by atoms with Crippen LogP contribution in [0.1, 0.15) is 30.7 Å². The molecule has 1 aliphatic heterocycles. The van der Waals surface area contributed by atoms with Crippen LogP contribution in [0, 0.1) is 10.1 Å². The van der Waals surface area contributed by atoms with Crippen LogP contribution in [0.15, 0.2) is 6.07 Å². The van der Waals surface area contributed by atoms with Gasteiger partial charge in [0.15, 0.2) is 5.00 Å². The van der Waals surface area contributed by atoms with Gasteiger partial charge in [-0.1, -0.05) is 0 Å². The highest BCUT2D eigenvalue weighted by atomic mass is 32.1. The van der Waals surface area contributed by atoms with Gasteiger partial charge in [-0.15, -0.1) is 11.3 Å². The zero-order valence-corrected chi connectivity index (χ0v) is 10.9. The van der Waals surface area contributed by atoms with Crippen molar-refractivity contribution < 1.29 is 15.1 Å². The van der Waals surface area contributed by atoms with E-state index < -0.39 is 17.1 Å². The molecule has 6 nitrogen and oxygen atoms in total. The molecular weight excluding hydrogens is 256 g/mol. The van der Waals surface area contributed by atoms with E-state index >= 15 is 0 Å². The van der Waals surface area contributed by atoms with Crippen molar-refractivity contribution in [1.29, 1.82) is 0 Å². The van der Waals surface area contributed by atoms with Crippen molar-refractivity contribution in [1.82, 2.24) is 0 Å². The summed E-state index contributed by atoms with van der Waals surface area (Å²) in [7, 11) is 0. The van der Waals surface area contributed by atoms with E-state index in [2.05, 4.69) is 0 Å². The average Bonchev–Trinajstić information content (AvgIpc) is 2.73. The topological polar surface area (TPSA) is 86.8 Å². The van der Waals surface area contributed by atoms with Gasteiger partial charge in [0.05, 0.1) is 17.1 Å². The number of nitrogens with zero attached hydrogens (tertiary/aromatic N) is 2. The van der Waals surface area contributed by atoms with E-state index in [1.807, 2.05) is 4.90 Å². The van der Waals surface area contributed by atoms with Crippen molar-refractivity contribution in [3.05, 3.63) is 21.1 Å². The highest BCUT2D eigenvalue weighted by Gasteiger charge is 2.28. The summed E-state index contributed by atoms with van der Waals surface area (Å²) in [6, 6.07) is 1.42. The Hall–Kier alpha value is -1.18. The Labute approximate surface area is 109 Å². The maximum absolute atomic E-state index is 11.0. The number of anilines is 1. The molecule has 18 heavy (non-hydrogen) atoms. The molecule has 2 heterocycles. The molecule has 0 aromatic carbocycles. The normalized spacial score (nSPS) is 21.9. The maximum atomic E-state index is 11.0. The highest BCUT2D eigenvalue weighted by molar-refractivity contribution is 7.16. The van der Waals surface area contributed by atoms with Crippen LogP contribution in [-0.2, 0) is 0 Å². The second-order valence-electron chi connectivity index (χ2n) is 4.51. The van der Waals surface area contributed by atoms with Crippen LogP contribution in [0.25, 0.3) is 0 Å². The Morgan fingerprint density at radius 2 is 2.39 bits per heavy atom. The fraction of sp³-hybridized carbons (Fsp3) is 0.636. The van der Waals surface area contributed by atoms with E-state index in [0.29, 0.717) is 23.0 Å². The number of nitro groups is 1. The van der Waals surface area contributed by atoms with Crippen LogP contribution in [-0.4, -0.2) is 34.3 Å². The smallest absolute Gasteiger partial charge is 0.304 e. The molecule has 2 atom stereocenters. The van der Waals surface area contributed by atoms with Crippen LogP contribution in [0.3, 0.4) is 0 Å². The van der Waals surface area contributed by atoms with Gasteiger partial charge in [0, 0.05) is 24.0 Å². The lowest BCUT2D eigenvalue weighted by molar-refractivity contribution is -0.383. The highest BCUT2D eigenvalue weighted by Crippen LogP contribution is 2.41. The standard InChI is InChI=1S/C11H16N2O4S/c1-7(14)10-5-9(13(16)17)11(18-10)12-4-2-3-8(15)6-12/h5,7-8,14-15H,2-4,6H2,1H3. The number of piperidine rings is 1. The summed E-state index contributed by atoms with van der Waals surface area (Å²) in [6.07, 6.45) is 0.409. The molecular formula is C11H16N2O4S. The zero-order valence-electron chi connectivity index (χ0n) is 10.1. The third-order valence-electron chi connectivity index (χ3n) is 3.00. The summed E-state index contributed by atoms with van der Waals surface area (Å²) in [5.74, 6) is 0. The lowest BCUT2D eigenvalue weighted by Crippen LogP contribution is -2.38. The number of rotatable bonds is 3. The van der Waals surface area contributed by atoms with Gasteiger partial charge >= 0.3 is 5.69 Å². The predicted octanol–water partition coefficient (Wildman–Crippen LogP) is 1.67. The fourth-order valence-electron chi connectivity index (χ4n) is 2.09. The van der Waals surface area contributed by atoms with E-state index in [0.717, 1.165) is 12.8 Å². The van der Waals surface area contributed by atoms with Gasteiger partial charge in [-0.05, 0) is 19.8 Å². The minimum Gasteiger partial charge on any atom is -0.391 e. The Balaban J connectivity index is 2.32. The molecule has 1 fully saturated rings. The fourth-order valence-corrected chi connectivity index (χ4v) is 3.19. The second-order valence-corrected chi connectivity index (χ2v) is 5.58. The minimum atomic E-state index is -0.711. The van der Waals surface area contributed by atoms with Gasteiger partial charge in [-0.3, -0.25) is 10.1 Å². The molecule has 1 aromatic rings. The zero-order chi connectivity index (χ0) is 13.3. The summed E-state index contributed by atoms with van der Waals surface area (Å²) in [5.41, 5.74) is 0.0185. The molecule has 2 N–H and O–H groups in total. The second kappa shape index (κ2) is 5.21. The Morgan fingerprint density at radius 3 is 2.94 bits per heavy atom. The monoisotopic (exact) mass is 272 g/mol. The van der Waals surface area contributed by atoms with Crippen LogP contribution in [0.5, 0.6) is 0 Å². The molecule has 1 saturated heterocycles. The molecule has 0 bridgehead atoms. The molecule has 0 amide bonds. The summed E-state index contributed by atoms with van der Waals surface area (Å²) in [6.45, 7) is 2.71. The van der Waals surface area contributed by atoms with Crippen LogP contribution < -0.4 is 4.90 Å². The Kier molecular flexibility index (Phi) is 3.84. The molecule has 0 spiro atoms. The minimum absolute atomic E-state index is 0.0185. The van der Waals surface area contributed by atoms with Crippen molar-refractivity contribution in [3.8, 4) is 0 Å². The SMILES string of the molecule is CC(O)c1cc([N+](=O)[O-])c(N2CCCC(O)C2)s1. The van der Waals surface area contributed by atoms with E-state index in [1.165, 1.54) is 17.4 Å². The molecule has 1 aliphatic rings. The maximum Gasteiger partial charge on any atom is 0.304 e. The molecule has 100 valence electrons.